The van der Waals surface area contributed by atoms with Gasteiger partial charge in [-0.25, -0.2) is 8.42 Å². The second-order valence-corrected chi connectivity index (χ2v) is 7.95. The molecule has 1 atom stereocenters. The van der Waals surface area contributed by atoms with Crippen molar-refractivity contribution in [3.05, 3.63) is 60.2 Å². The topological polar surface area (TPSA) is 99.1 Å². The van der Waals surface area contributed by atoms with Gasteiger partial charge in [-0.3, -0.25) is 4.79 Å². The van der Waals surface area contributed by atoms with E-state index < -0.39 is 21.3 Å². The molecule has 7 nitrogen and oxygen atoms in total. The van der Waals surface area contributed by atoms with E-state index in [1.807, 2.05) is 11.5 Å². The highest BCUT2D eigenvalue weighted by molar-refractivity contribution is 7.90. The van der Waals surface area contributed by atoms with Gasteiger partial charge in [-0.1, -0.05) is 30.3 Å². The van der Waals surface area contributed by atoms with Gasteiger partial charge in [0.25, 0.3) is 5.91 Å². The number of amides is 1. The first-order chi connectivity index (χ1) is 11.8. The Bertz CT molecular complexity index is 940. The second-order valence-electron chi connectivity index (χ2n) is 5.93. The maximum Gasteiger partial charge on any atom is 0.275 e. The van der Waals surface area contributed by atoms with Crippen molar-refractivity contribution >= 4 is 27.1 Å². The summed E-state index contributed by atoms with van der Waals surface area (Å²) in [7, 11) is -3.32. The first kappa shape index (κ1) is 17.3. The summed E-state index contributed by atoms with van der Waals surface area (Å²) in [5.74, 6) is -0.441. The second kappa shape index (κ2) is 6.07. The number of hydrazone groups is 1. The van der Waals surface area contributed by atoms with Gasteiger partial charge in [0.15, 0.2) is 15.4 Å². The lowest BCUT2D eigenvalue weighted by atomic mass is 9.91. The van der Waals surface area contributed by atoms with Crippen molar-refractivity contribution in [3.63, 3.8) is 0 Å². The number of nitrogens with zero attached hydrogens (tertiary/aromatic N) is 2. The van der Waals surface area contributed by atoms with E-state index in [2.05, 4.69) is 5.10 Å². The lowest BCUT2D eigenvalue weighted by Gasteiger charge is -2.22. The molecule has 2 aromatic rings. The molecule has 0 fully saturated rings. The molecule has 0 saturated heterocycles. The molecule has 1 amide bonds. The van der Waals surface area contributed by atoms with Crippen molar-refractivity contribution in [2.45, 2.75) is 17.4 Å². The summed E-state index contributed by atoms with van der Waals surface area (Å²) in [6.45, 7) is 1.52. The van der Waals surface area contributed by atoms with Crippen LogP contribution in [0.15, 0.2) is 64.6 Å². The van der Waals surface area contributed by atoms with E-state index in [4.69, 9.17) is 0 Å². The number of nitrogens with one attached hydrogen (secondary N) is 1. The number of benzene rings is 2. The minimum atomic E-state index is -3.32. The van der Waals surface area contributed by atoms with Gasteiger partial charge in [-0.15, -0.1) is 0 Å². The van der Waals surface area contributed by atoms with Gasteiger partial charge in [0.2, 0.25) is 0 Å². The third-order valence-corrected chi connectivity index (χ3v) is 5.20. The van der Waals surface area contributed by atoms with Crippen molar-refractivity contribution in [3.8, 4) is 0 Å². The van der Waals surface area contributed by atoms with Crippen LogP contribution >= 0.6 is 0 Å². The smallest absolute Gasteiger partial charge is 0.275 e. The average Bonchev–Trinajstić information content (AvgIpc) is 2.87. The summed E-state index contributed by atoms with van der Waals surface area (Å²) >= 11 is 0. The minimum Gasteiger partial charge on any atom is -0.315 e. The van der Waals surface area contributed by atoms with E-state index >= 15 is 0 Å². The molecule has 2 aromatic carbocycles. The molecule has 1 aliphatic rings. The Kier molecular flexibility index (Phi) is 4.19. The van der Waals surface area contributed by atoms with E-state index in [0.717, 1.165) is 6.26 Å². The van der Waals surface area contributed by atoms with Gasteiger partial charge in [0.1, 0.15) is 5.71 Å². The Morgan fingerprint density at radius 1 is 1.08 bits per heavy atom. The van der Waals surface area contributed by atoms with Crippen LogP contribution in [0.3, 0.4) is 0 Å². The van der Waals surface area contributed by atoms with Crippen molar-refractivity contribution in [2.75, 3.05) is 11.3 Å². The third kappa shape index (κ3) is 2.95. The predicted molar refractivity (Wildman–Crippen MR) is 93.3 cm³/mol. The molecule has 0 aromatic heterocycles. The highest BCUT2D eigenvalue weighted by Crippen LogP contribution is 2.29. The summed E-state index contributed by atoms with van der Waals surface area (Å²) in [6, 6.07) is 14.9. The van der Waals surface area contributed by atoms with E-state index in [-0.39, 0.29) is 4.90 Å². The first-order valence-corrected chi connectivity index (χ1v) is 9.37. The van der Waals surface area contributed by atoms with Crippen LogP contribution in [0.4, 0.5) is 5.69 Å². The quantitative estimate of drug-likeness (QED) is 0.808. The number of carbonyl (C=O) groups excluding carboxylic acids is 1. The van der Waals surface area contributed by atoms with Gasteiger partial charge in [-0.2, -0.15) is 15.6 Å². The number of para-hydroxylation sites is 1. The van der Waals surface area contributed by atoms with E-state index in [1.165, 1.54) is 24.1 Å². The van der Waals surface area contributed by atoms with Crippen LogP contribution in [0.25, 0.3) is 0 Å². The molecule has 0 spiro atoms. The Morgan fingerprint density at radius 3 is 2.20 bits per heavy atom. The summed E-state index contributed by atoms with van der Waals surface area (Å²) in [5.41, 5.74) is 1.99. The van der Waals surface area contributed by atoms with Gasteiger partial charge < -0.3 is 5.21 Å². The van der Waals surface area contributed by atoms with Crippen molar-refractivity contribution < 1.29 is 18.4 Å². The number of anilines is 1. The molecule has 0 bridgehead atoms. The molecule has 3 rings (SSSR count). The van der Waals surface area contributed by atoms with Crippen LogP contribution in [0, 0.1) is 0 Å². The molecule has 2 N–H and O–H groups in total. The fraction of sp³-hybridized carbons (Fsp3) is 0.176. The molecule has 1 heterocycles. The molecule has 130 valence electrons. The number of carbonyl (C=O) groups is 1. The predicted octanol–water partition coefficient (Wildman–Crippen LogP) is 1.58. The summed E-state index contributed by atoms with van der Waals surface area (Å²) in [6.07, 6.45) is 1.12. The monoisotopic (exact) mass is 359 g/mol. The summed E-state index contributed by atoms with van der Waals surface area (Å²) < 4.78 is 23.2. The maximum atomic E-state index is 12.8. The van der Waals surface area contributed by atoms with E-state index in [1.54, 1.807) is 36.4 Å². The highest BCUT2D eigenvalue weighted by atomic mass is 32.2. The maximum absolute atomic E-state index is 12.8. The normalized spacial score (nSPS) is 20.7. The Labute approximate surface area is 145 Å². The third-order valence-electron chi connectivity index (χ3n) is 4.07. The van der Waals surface area contributed by atoms with E-state index in [0.29, 0.717) is 17.0 Å². The lowest BCUT2D eigenvalue weighted by Crippen LogP contribution is -2.54. The van der Waals surface area contributed by atoms with Crippen LogP contribution in [-0.4, -0.2) is 37.0 Å². The van der Waals surface area contributed by atoms with Crippen LogP contribution in [-0.2, 0) is 14.6 Å². The van der Waals surface area contributed by atoms with Crippen LogP contribution in [0.1, 0.15) is 12.5 Å². The Morgan fingerprint density at radius 2 is 1.68 bits per heavy atom. The molecular weight excluding hydrogens is 342 g/mol. The largest absolute Gasteiger partial charge is 0.315 e. The number of hydrogen-bond acceptors (Lipinski definition) is 6. The van der Waals surface area contributed by atoms with Gasteiger partial charge >= 0.3 is 0 Å². The van der Waals surface area contributed by atoms with Gasteiger partial charge in [0.05, 0.1) is 10.6 Å². The molecule has 8 heteroatoms. The van der Waals surface area contributed by atoms with Crippen LogP contribution in [0.2, 0.25) is 0 Å². The number of rotatable bonds is 4. The Balaban J connectivity index is 2.07. The van der Waals surface area contributed by atoms with Crippen molar-refractivity contribution in [1.82, 2.24) is 5.48 Å². The molecular formula is C17H17N3O4S. The minimum absolute atomic E-state index is 0.166. The molecule has 0 aliphatic carbocycles. The number of hydroxylamine groups is 1. The summed E-state index contributed by atoms with van der Waals surface area (Å²) in [5, 5.41) is 15.2. The number of hydrogen-bond donors (Lipinski definition) is 2. The SMILES string of the molecule is CC1(NO)C(=O)N(c2ccccc2)N=C1c1ccc(S(C)(=O)=O)cc1. The molecule has 0 saturated carbocycles. The fourth-order valence-electron chi connectivity index (χ4n) is 2.61. The zero-order valence-electron chi connectivity index (χ0n) is 13.7. The summed E-state index contributed by atoms with van der Waals surface area (Å²) in [4.78, 5) is 12.9. The van der Waals surface area contributed by atoms with Gasteiger partial charge in [0, 0.05) is 11.8 Å². The highest BCUT2D eigenvalue weighted by Gasteiger charge is 2.48. The average molecular weight is 359 g/mol. The first-order valence-electron chi connectivity index (χ1n) is 7.48. The lowest BCUT2D eigenvalue weighted by molar-refractivity contribution is -0.124. The molecule has 1 unspecified atom stereocenters. The zero-order valence-corrected chi connectivity index (χ0v) is 14.5. The number of sulfone groups is 1. The standard InChI is InChI=1S/C17H17N3O4S/c1-17(19-22)15(12-8-10-14(11-9-12)25(2,23)24)18-20(16(17)21)13-6-4-3-5-7-13/h3-11,19,22H,1-2H3. The Hall–Kier alpha value is -2.55. The molecule has 25 heavy (non-hydrogen) atoms. The van der Waals surface area contributed by atoms with Crippen LogP contribution in [0.5, 0.6) is 0 Å². The van der Waals surface area contributed by atoms with E-state index in [9.17, 15) is 18.4 Å². The van der Waals surface area contributed by atoms with Crippen molar-refractivity contribution in [2.24, 2.45) is 5.10 Å². The molecule has 0 radical (unpaired) electrons. The molecule has 1 aliphatic heterocycles. The van der Waals surface area contributed by atoms with Crippen molar-refractivity contribution in [1.29, 1.82) is 0 Å². The van der Waals surface area contributed by atoms with Gasteiger partial charge in [-0.05, 0) is 31.2 Å². The zero-order chi connectivity index (χ0) is 18.2. The van der Waals surface area contributed by atoms with Crippen LogP contribution < -0.4 is 10.5 Å². The fourth-order valence-corrected chi connectivity index (χ4v) is 3.24.